The molecule has 5 nitrogen and oxygen atoms in total. The Morgan fingerprint density at radius 3 is 2.86 bits per heavy atom. The number of rotatable bonds is 5. The molecule has 0 aromatic heterocycles. The molecule has 114 valence electrons. The van der Waals surface area contributed by atoms with Crippen LogP contribution in [0.5, 0.6) is 0 Å². The number of hydrogen-bond donors (Lipinski definition) is 2. The summed E-state index contributed by atoms with van der Waals surface area (Å²) in [5.74, 6) is 0. The Bertz CT molecular complexity index is 488. The third-order valence-corrected chi connectivity index (χ3v) is 3.92. The fourth-order valence-electron chi connectivity index (χ4n) is 2.02. The van der Waals surface area contributed by atoms with Crippen LogP contribution in [-0.4, -0.2) is 50.3 Å². The summed E-state index contributed by atoms with van der Waals surface area (Å²) in [6.45, 7) is 4.91. The molecular weight excluding hydrogens is 334 g/mol. The topological polar surface area (TPSA) is 53.6 Å². The molecule has 1 aliphatic heterocycles. The zero-order valence-corrected chi connectivity index (χ0v) is 13.4. The van der Waals surface area contributed by atoms with E-state index in [0.717, 1.165) is 42.9 Å². The van der Waals surface area contributed by atoms with E-state index in [-0.39, 0.29) is 6.03 Å². The summed E-state index contributed by atoms with van der Waals surface area (Å²) in [6, 6.07) is 7.65. The summed E-state index contributed by atoms with van der Waals surface area (Å²) in [5, 5.41) is 5.54. The Kier molecular flexibility index (Phi) is 6.72. The number of nitrogens with one attached hydrogen (secondary N) is 2. The maximum Gasteiger partial charge on any atom is 0.318 e. The number of morpholine rings is 1. The van der Waals surface area contributed by atoms with Crippen LogP contribution in [0.3, 0.4) is 0 Å². The van der Waals surface area contributed by atoms with Gasteiger partial charge in [0.25, 0.3) is 0 Å². The van der Waals surface area contributed by atoms with E-state index >= 15 is 0 Å². The van der Waals surface area contributed by atoms with Crippen molar-refractivity contribution >= 4 is 28.0 Å². The quantitative estimate of drug-likeness (QED) is 0.851. The van der Waals surface area contributed by atoms with Gasteiger partial charge in [-0.1, -0.05) is 34.1 Å². The molecule has 0 spiro atoms. The fourth-order valence-corrected chi connectivity index (χ4v) is 2.44. The first kappa shape index (κ1) is 16.0. The van der Waals surface area contributed by atoms with Crippen LogP contribution < -0.4 is 10.6 Å². The van der Waals surface area contributed by atoms with Gasteiger partial charge in [-0.3, -0.25) is 4.90 Å². The zero-order valence-electron chi connectivity index (χ0n) is 11.8. The third kappa shape index (κ3) is 5.87. The Morgan fingerprint density at radius 1 is 1.33 bits per heavy atom. The molecule has 2 N–H and O–H groups in total. The van der Waals surface area contributed by atoms with Crippen molar-refractivity contribution < 1.29 is 9.53 Å². The molecule has 0 radical (unpaired) electrons. The Labute approximate surface area is 133 Å². The first-order valence-electron chi connectivity index (χ1n) is 7.01. The van der Waals surface area contributed by atoms with Crippen LogP contribution in [0.2, 0.25) is 0 Å². The van der Waals surface area contributed by atoms with Gasteiger partial charge in [-0.05, 0) is 17.7 Å². The van der Waals surface area contributed by atoms with Crippen molar-refractivity contribution in [3.63, 3.8) is 0 Å². The standard InChI is InChI=1S/C15H20BrN3O2/c16-14-4-2-1-3-13(14)5-6-17-15(20)18-7-8-19-9-11-21-12-10-19/h1-6H,7-12H2,(H2,17,18,20)/b6-5+. The predicted molar refractivity (Wildman–Crippen MR) is 87.0 cm³/mol. The second-order valence-corrected chi connectivity index (χ2v) is 5.56. The summed E-state index contributed by atoms with van der Waals surface area (Å²) in [4.78, 5) is 13.9. The van der Waals surface area contributed by atoms with Gasteiger partial charge in [0.1, 0.15) is 0 Å². The molecule has 0 atom stereocenters. The zero-order chi connectivity index (χ0) is 14.9. The predicted octanol–water partition coefficient (Wildman–Crippen LogP) is 2.05. The van der Waals surface area contributed by atoms with Crippen molar-refractivity contribution in [3.05, 3.63) is 40.5 Å². The van der Waals surface area contributed by atoms with Crippen LogP contribution in [-0.2, 0) is 4.74 Å². The molecule has 0 saturated carbocycles. The van der Waals surface area contributed by atoms with Crippen LogP contribution >= 0.6 is 15.9 Å². The molecular formula is C15H20BrN3O2. The van der Waals surface area contributed by atoms with Crippen LogP contribution in [0.15, 0.2) is 34.9 Å². The van der Waals surface area contributed by atoms with Gasteiger partial charge in [0.05, 0.1) is 13.2 Å². The van der Waals surface area contributed by atoms with Crippen molar-refractivity contribution in [2.75, 3.05) is 39.4 Å². The number of hydrogen-bond acceptors (Lipinski definition) is 3. The first-order valence-corrected chi connectivity index (χ1v) is 7.80. The molecule has 0 unspecified atom stereocenters. The van der Waals surface area contributed by atoms with Crippen molar-refractivity contribution in [2.45, 2.75) is 0 Å². The summed E-state index contributed by atoms with van der Waals surface area (Å²) < 4.78 is 6.27. The van der Waals surface area contributed by atoms with Crippen molar-refractivity contribution in [1.29, 1.82) is 0 Å². The molecule has 2 rings (SSSR count). The lowest BCUT2D eigenvalue weighted by atomic mass is 10.2. The highest BCUT2D eigenvalue weighted by molar-refractivity contribution is 9.10. The van der Waals surface area contributed by atoms with Gasteiger partial charge < -0.3 is 15.4 Å². The molecule has 1 fully saturated rings. The first-order chi connectivity index (χ1) is 10.3. The molecule has 1 aromatic rings. The minimum atomic E-state index is -0.188. The Morgan fingerprint density at radius 2 is 2.10 bits per heavy atom. The molecule has 21 heavy (non-hydrogen) atoms. The molecule has 0 aliphatic carbocycles. The number of amides is 2. The Hall–Kier alpha value is -1.37. The van der Waals surface area contributed by atoms with Gasteiger partial charge in [-0.25, -0.2) is 4.79 Å². The maximum atomic E-state index is 11.6. The lowest BCUT2D eigenvalue weighted by Crippen LogP contribution is -2.42. The summed E-state index contributed by atoms with van der Waals surface area (Å²) >= 11 is 3.45. The maximum absolute atomic E-state index is 11.6. The summed E-state index contributed by atoms with van der Waals surface area (Å²) in [6.07, 6.45) is 3.50. The highest BCUT2D eigenvalue weighted by Crippen LogP contribution is 2.16. The average Bonchev–Trinajstić information content (AvgIpc) is 2.50. The smallest absolute Gasteiger partial charge is 0.318 e. The minimum Gasteiger partial charge on any atom is -0.379 e. The fraction of sp³-hybridized carbons (Fsp3) is 0.400. The monoisotopic (exact) mass is 353 g/mol. The molecule has 1 saturated heterocycles. The van der Waals surface area contributed by atoms with Crippen molar-refractivity contribution in [2.24, 2.45) is 0 Å². The number of halogens is 1. The number of nitrogens with zero attached hydrogens (tertiary/aromatic N) is 1. The van der Waals surface area contributed by atoms with E-state index in [1.54, 1.807) is 6.20 Å². The van der Waals surface area contributed by atoms with Crippen LogP contribution in [0.4, 0.5) is 4.79 Å². The normalized spacial score (nSPS) is 16.0. The van der Waals surface area contributed by atoms with E-state index in [0.29, 0.717) is 6.54 Å². The van der Waals surface area contributed by atoms with E-state index in [9.17, 15) is 4.79 Å². The second-order valence-electron chi connectivity index (χ2n) is 4.71. The SMILES string of the molecule is O=C(N/C=C/c1ccccc1Br)NCCN1CCOCC1. The molecule has 2 amide bonds. The van der Waals surface area contributed by atoms with Gasteiger partial charge in [0.15, 0.2) is 0 Å². The van der Waals surface area contributed by atoms with Gasteiger partial charge in [-0.15, -0.1) is 0 Å². The van der Waals surface area contributed by atoms with Crippen LogP contribution in [0.1, 0.15) is 5.56 Å². The highest BCUT2D eigenvalue weighted by Gasteiger charge is 2.09. The summed E-state index contributed by atoms with van der Waals surface area (Å²) in [5.41, 5.74) is 1.02. The largest absolute Gasteiger partial charge is 0.379 e. The van der Waals surface area contributed by atoms with Crippen molar-refractivity contribution in [3.8, 4) is 0 Å². The number of urea groups is 1. The lowest BCUT2D eigenvalue weighted by molar-refractivity contribution is 0.0387. The third-order valence-electron chi connectivity index (χ3n) is 3.20. The van der Waals surface area contributed by atoms with Crippen LogP contribution in [0.25, 0.3) is 6.08 Å². The molecule has 1 heterocycles. The lowest BCUT2D eigenvalue weighted by Gasteiger charge is -2.26. The highest BCUT2D eigenvalue weighted by atomic mass is 79.9. The number of carbonyl (C=O) groups is 1. The Balaban J connectivity index is 1.64. The van der Waals surface area contributed by atoms with Gasteiger partial charge in [-0.2, -0.15) is 0 Å². The minimum absolute atomic E-state index is 0.188. The van der Waals surface area contributed by atoms with Crippen LogP contribution in [0, 0.1) is 0 Å². The number of carbonyl (C=O) groups excluding carboxylic acids is 1. The summed E-state index contributed by atoms with van der Waals surface area (Å²) in [7, 11) is 0. The molecule has 1 aliphatic rings. The van der Waals surface area contributed by atoms with E-state index in [2.05, 4.69) is 31.5 Å². The molecule has 0 bridgehead atoms. The van der Waals surface area contributed by atoms with Crippen molar-refractivity contribution in [1.82, 2.24) is 15.5 Å². The van der Waals surface area contributed by atoms with E-state index in [4.69, 9.17) is 4.74 Å². The van der Waals surface area contributed by atoms with Gasteiger partial charge in [0, 0.05) is 36.9 Å². The number of benzene rings is 1. The van der Waals surface area contributed by atoms with Gasteiger partial charge >= 0.3 is 6.03 Å². The van der Waals surface area contributed by atoms with E-state index in [1.165, 1.54) is 0 Å². The van der Waals surface area contributed by atoms with Gasteiger partial charge in [0.2, 0.25) is 0 Å². The molecule has 1 aromatic carbocycles. The second kappa shape index (κ2) is 8.81. The number of ether oxygens (including phenoxy) is 1. The molecule has 6 heteroatoms. The van der Waals surface area contributed by atoms with E-state index < -0.39 is 0 Å². The average molecular weight is 354 g/mol. The van der Waals surface area contributed by atoms with E-state index in [1.807, 2.05) is 30.3 Å².